The summed E-state index contributed by atoms with van der Waals surface area (Å²) in [6.45, 7) is 8.91. The monoisotopic (exact) mass is 373 g/mol. The molecule has 0 unspecified atom stereocenters. The van der Waals surface area contributed by atoms with E-state index in [-0.39, 0.29) is 0 Å². The van der Waals surface area contributed by atoms with Crippen molar-refractivity contribution in [3.63, 3.8) is 0 Å². The van der Waals surface area contributed by atoms with Gasteiger partial charge in [0, 0.05) is 22.7 Å². The summed E-state index contributed by atoms with van der Waals surface area (Å²) in [5.74, 6) is 1.10. The first-order chi connectivity index (χ1) is 13.6. The van der Waals surface area contributed by atoms with Crippen molar-refractivity contribution in [1.82, 2.24) is 24.9 Å². The minimum absolute atomic E-state index is 0.434. The first-order valence-electron chi connectivity index (χ1n) is 10.3. The molecule has 0 amide bonds. The zero-order valence-electron chi connectivity index (χ0n) is 16.8. The second-order valence-corrected chi connectivity index (χ2v) is 8.37. The quantitative estimate of drug-likeness (QED) is 0.543. The topological polar surface area (TPSA) is 58.0 Å². The SMILES string of the molecule is Cc1cc(-c2[nH]c3ccc(C4CCNCC4)cc3c2C(C)C)cn2cnnc12. The van der Waals surface area contributed by atoms with Gasteiger partial charge < -0.3 is 10.3 Å². The molecule has 5 rings (SSSR count). The van der Waals surface area contributed by atoms with E-state index in [4.69, 9.17) is 0 Å². The predicted molar refractivity (Wildman–Crippen MR) is 114 cm³/mol. The Hall–Kier alpha value is -2.66. The van der Waals surface area contributed by atoms with Gasteiger partial charge in [-0.3, -0.25) is 4.40 Å². The van der Waals surface area contributed by atoms with Crippen LogP contribution in [0, 0.1) is 6.92 Å². The number of aromatic nitrogens is 4. The van der Waals surface area contributed by atoms with Crippen LogP contribution in [-0.4, -0.2) is 32.7 Å². The summed E-state index contributed by atoms with van der Waals surface area (Å²) >= 11 is 0. The van der Waals surface area contributed by atoms with E-state index in [2.05, 4.69) is 71.7 Å². The number of aryl methyl sites for hydroxylation is 1. The van der Waals surface area contributed by atoms with E-state index < -0.39 is 0 Å². The minimum atomic E-state index is 0.434. The number of H-pyrrole nitrogens is 1. The van der Waals surface area contributed by atoms with Gasteiger partial charge in [-0.1, -0.05) is 19.9 Å². The Morgan fingerprint density at radius 1 is 1.14 bits per heavy atom. The van der Waals surface area contributed by atoms with Gasteiger partial charge in [0.05, 0.1) is 5.69 Å². The number of nitrogens with one attached hydrogen (secondary N) is 2. The molecule has 0 saturated carbocycles. The third kappa shape index (κ3) is 2.81. The van der Waals surface area contributed by atoms with Gasteiger partial charge in [-0.05, 0) is 79.6 Å². The van der Waals surface area contributed by atoms with Crippen LogP contribution in [0.2, 0.25) is 0 Å². The molecule has 3 aromatic heterocycles. The van der Waals surface area contributed by atoms with Crippen molar-refractivity contribution in [2.24, 2.45) is 0 Å². The Bertz CT molecular complexity index is 1140. The van der Waals surface area contributed by atoms with Gasteiger partial charge in [-0.15, -0.1) is 10.2 Å². The fourth-order valence-electron chi connectivity index (χ4n) is 4.71. The van der Waals surface area contributed by atoms with Gasteiger partial charge in [0.15, 0.2) is 5.65 Å². The maximum absolute atomic E-state index is 4.21. The fraction of sp³-hybridized carbons (Fsp3) is 0.391. The second kappa shape index (κ2) is 6.74. The van der Waals surface area contributed by atoms with Crippen molar-refractivity contribution in [1.29, 1.82) is 0 Å². The van der Waals surface area contributed by atoms with Gasteiger partial charge in [-0.2, -0.15) is 0 Å². The van der Waals surface area contributed by atoms with Crippen molar-refractivity contribution in [2.45, 2.75) is 45.4 Å². The molecule has 1 aliphatic rings. The van der Waals surface area contributed by atoms with E-state index in [9.17, 15) is 0 Å². The van der Waals surface area contributed by atoms with Crippen molar-refractivity contribution in [3.05, 3.63) is 53.5 Å². The van der Waals surface area contributed by atoms with Crippen LogP contribution in [0.5, 0.6) is 0 Å². The normalized spacial score (nSPS) is 15.9. The summed E-state index contributed by atoms with van der Waals surface area (Å²) in [7, 11) is 0. The Labute approximate surface area is 165 Å². The second-order valence-electron chi connectivity index (χ2n) is 8.37. The highest BCUT2D eigenvalue weighted by Gasteiger charge is 2.20. The van der Waals surface area contributed by atoms with E-state index in [0.29, 0.717) is 11.8 Å². The third-order valence-corrected chi connectivity index (χ3v) is 6.12. The average molecular weight is 374 g/mol. The van der Waals surface area contributed by atoms with E-state index in [0.717, 1.165) is 24.3 Å². The number of piperidine rings is 1. The van der Waals surface area contributed by atoms with Gasteiger partial charge >= 0.3 is 0 Å². The van der Waals surface area contributed by atoms with Crippen molar-refractivity contribution >= 4 is 16.6 Å². The third-order valence-electron chi connectivity index (χ3n) is 6.12. The number of hydrogen-bond donors (Lipinski definition) is 2. The van der Waals surface area contributed by atoms with Gasteiger partial charge in [0.25, 0.3) is 0 Å². The van der Waals surface area contributed by atoms with Gasteiger partial charge in [-0.25, -0.2) is 0 Å². The first-order valence-corrected chi connectivity index (χ1v) is 10.3. The van der Waals surface area contributed by atoms with E-state index in [1.807, 2.05) is 4.40 Å². The predicted octanol–water partition coefficient (Wildman–Crippen LogP) is 4.78. The van der Waals surface area contributed by atoms with Crippen molar-refractivity contribution in [3.8, 4) is 11.3 Å². The Morgan fingerprint density at radius 3 is 2.75 bits per heavy atom. The molecule has 1 saturated heterocycles. The van der Waals surface area contributed by atoms with E-state index in [1.54, 1.807) is 6.33 Å². The highest BCUT2D eigenvalue weighted by Crippen LogP contribution is 2.38. The number of rotatable bonds is 3. The van der Waals surface area contributed by atoms with Crippen LogP contribution >= 0.6 is 0 Å². The molecule has 1 fully saturated rings. The Kier molecular flexibility index (Phi) is 4.20. The maximum Gasteiger partial charge on any atom is 0.163 e. The number of benzene rings is 1. The number of pyridine rings is 1. The molecule has 0 atom stereocenters. The van der Waals surface area contributed by atoms with Gasteiger partial charge in [0.2, 0.25) is 0 Å². The molecule has 0 aliphatic carbocycles. The molecule has 28 heavy (non-hydrogen) atoms. The average Bonchev–Trinajstić information content (AvgIpc) is 3.32. The molecule has 2 N–H and O–H groups in total. The molecule has 4 aromatic rings. The summed E-state index contributed by atoms with van der Waals surface area (Å²) in [6.07, 6.45) is 6.36. The van der Waals surface area contributed by atoms with E-state index >= 15 is 0 Å². The summed E-state index contributed by atoms with van der Waals surface area (Å²) < 4.78 is 2.01. The van der Waals surface area contributed by atoms with Crippen LogP contribution in [0.25, 0.3) is 27.8 Å². The fourth-order valence-corrected chi connectivity index (χ4v) is 4.71. The van der Waals surface area contributed by atoms with Crippen LogP contribution < -0.4 is 5.32 Å². The largest absolute Gasteiger partial charge is 0.354 e. The molecular weight excluding hydrogens is 346 g/mol. The Balaban J connectivity index is 1.68. The minimum Gasteiger partial charge on any atom is -0.354 e. The summed E-state index contributed by atoms with van der Waals surface area (Å²) in [6, 6.07) is 9.24. The maximum atomic E-state index is 4.21. The van der Waals surface area contributed by atoms with Crippen LogP contribution in [0.1, 0.15) is 55.2 Å². The van der Waals surface area contributed by atoms with Crippen molar-refractivity contribution in [2.75, 3.05) is 13.1 Å². The van der Waals surface area contributed by atoms with E-state index in [1.165, 1.54) is 46.1 Å². The van der Waals surface area contributed by atoms with Crippen LogP contribution in [0.15, 0.2) is 36.8 Å². The highest BCUT2D eigenvalue weighted by molar-refractivity contribution is 5.92. The smallest absolute Gasteiger partial charge is 0.163 e. The number of fused-ring (bicyclic) bond motifs is 2. The molecule has 0 bridgehead atoms. The van der Waals surface area contributed by atoms with Crippen LogP contribution in [0.4, 0.5) is 0 Å². The lowest BCUT2D eigenvalue weighted by Crippen LogP contribution is -2.26. The standard InChI is InChI=1S/C23H27N5/c1-14(2)21-19-11-17(16-6-8-24-9-7-16)4-5-20(19)26-22(21)18-10-15(3)23-27-25-13-28(23)12-18/h4-5,10-14,16,24,26H,6-9H2,1-3H3. The summed E-state index contributed by atoms with van der Waals surface area (Å²) in [5, 5.41) is 13.1. The van der Waals surface area contributed by atoms with Crippen molar-refractivity contribution < 1.29 is 0 Å². The van der Waals surface area contributed by atoms with Gasteiger partial charge in [0.1, 0.15) is 6.33 Å². The van der Waals surface area contributed by atoms with Crippen LogP contribution in [0.3, 0.4) is 0 Å². The molecule has 0 radical (unpaired) electrons. The molecule has 144 valence electrons. The molecule has 1 aromatic carbocycles. The lowest BCUT2D eigenvalue weighted by Gasteiger charge is -2.23. The molecular formula is C23H27N5. The highest BCUT2D eigenvalue weighted by atomic mass is 15.2. The molecule has 1 aliphatic heterocycles. The zero-order valence-corrected chi connectivity index (χ0v) is 16.8. The Morgan fingerprint density at radius 2 is 1.96 bits per heavy atom. The number of nitrogens with zero attached hydrogens (tertiary/aromatic N) is 3. The lowest BCUT2D eigenvalue weighted by atomic mass is 9.88. The summed E-state index contributed by atoms with van der Waals surface area (Å²) in [4.78, 5) is 3.71. The van der Waals surface area contributed by atoms with Crippen LogP contribution in [-0.2, 0) is 0 Å². The number of hydrogen-bond acceptors (Lipinski definition) is 3. The molecule has 5 heteroatoms. The summed E-state index contributed by atoms with van der Waals surface area (Å²) in [5.41, 5.74) is 8.56. The number of aromatic amines is 1. The lowest BCUT2D eigenvalue weighted by molar-refractivity contribution is 0.460. The molecule has 5 nitrogen and oxygen atoms in total. The zero-order chi connectivity index (χ0) is 19.3. The molecule has 0 spiro atoms. The first kappa shape index (κ1) is 17.4. The molecule has 4 heterocycles.